The van der Waals surface area contributed by atoms with Crippen molar-refractivity contribution < 1.29 is 9.59 Å². The lowest BCUT2D eigenvalue weighted by molar-refractivity contribution is 0.0591. The first-order valence-electron chi connectivity index (χ1n) is 12.3. The van der Waals surface area contributed by atoms with Crippen molar-refractivity contribution in [3.05, 3.63) is 80.3 Å². The van der Waals surface area contributed by atoms with Gasteiger partial charge < -0.3 is 15.1 Å². The number of aromatic nitrogens is 3. The molecule has 1 aliphatic rings. The number of piperazine rings is 1. The van der Waals surface area contributed by atoms with E-state index in [1.165, 1.54) is 11.3 Å². The summed E-state index contributed by atoms with van der Waals surface area (Å²) in [5.41, 5.74) is 4.01. The molecule has 0 bridgehead atoms. The van der Waals surface area contributed by atoms with E-state index in [2.05, 4.69) is 42.3 Å². The molecule has 1 fully saturated rings. The van der Waals surface area contributed by atoms with E-state index in [1.54, 1.807) is 15.8 Å². The van der Waals surface area contributed by atoms with E-state index < -0.39 is 0 Å². The fourth-order valence-corrected chi connectivity index (χ4v) is 6.00. The molecule has 4 aromatic rings. The number of carbonyl (C=O) groups is 2. The number of carbonyl (C=O) groups excluding carboxylic acids is 2. The van der Waals surface area contributed by atoms with Gasteiger partial charge in [-0.15, -0.1) is 11.3 Å². The summed E-state index contributed by atoms with van der Waals surface area (Å²) in [7, 11) is 0. The van der Waals surface area contributed by atoms with Gasteiger partial charge in [-0.05, 0) is 53.5 Å². The molecule has 11 heteroatoms. The Hall–Kier alpha value is -3.02. The lowest BCUT2D eigenvalue weighted by Gasteiger charge is -2.39. The van der Waals surface area contributed by atoms with Gasteiger partial charge in [-0.3, -0.25) is 4.79 Å². The van der Waals surface area contributed by atoms with Gasteiger partial charge in [0.15, 0.2) is 0 Å². The summed E-state index contributed by atoms with van der Waals surface area (Å²) >= 11 is 8.43. The van der Waals surface area contributed by atoms with Crippen molar-refractivity contribution in [2.24, 2.45) is 0 Å². The number of para-hydroxylation sites is 1. The molecular formula is C27H26Br2N6O2S. The van der Waals surface area contributed by atoms with E-state index >= 15 is 0 Å². The topological polar surface area (TPSA) is 83.4 Å². The van der Waals surface area contributed by atoms with E-state index in [0.717, 1.165) is 31.0 Å². The van der Waals surface area contributed by atoms with Crippen LogP contribution in [0.5, 0.6) is 0 Å². The van der Waals surface area contributed by atoms with Crippen molar-refractivity contribution in [2.45, 2.75) is 26.3 Å². The third-order valence-electron chi connectivity index (χ3n) is 6.54. The van der Waals surface area contributed by atoms with Gasteiger partial charge in [0.05, 0.1) is 28.8 Å². The van der Waals surface area contributed by atoms with Crippen LogP contribution in [-0.4, -0.2) is 62.2 Å². The van der Waals surface area contributed by atoms with Gasteiger partial charge in [-0.2, -0.15) is 5.10 Å². The number of hydrogen-bond donors (Lipinski definition) is 1. The Morgan fingerprint density at radius 1 is 1.11 bits per heavy atom. The fourth-order valence-electron chi connectivity index (χ4n) is 4.54. The van der Waals surface area contributed by atoms with Gasteiger partial charge in [0.2, 0.25) is 5.13 Å². The molecule has 3 heterocycles. The zero-order chi connectivity index (χ0) is 26.8. The summed E-state index contributed by atoms with van der Waals surface area (Å²) in [4.78, 5) is 34.9. The molecule has 0 spiro atoms. The van der Waals surface area contributed by atoms with Crippen LogP contribution in [0.4, 0.5) is 10.5 Å². The molecule has 2 aromatic heterocycles. The molecule has 5 rings (SSSR count). The standard InChI is InChI=1S/C27H26Br2N6O2S/c1-3-24-20(14-30-35(24)27-32-23(16-38-27)18-8-10-19(28)11-9-18)25(36)33-12-13-34(17(2)15-33)26(37)31-22-7-5-4-6-21(22)29/h4-11,14,16-17H,3,12-13,15H2,1-2H3,(H,31,37). The Balaban J connectivity index is 1.29. The van der Waals surface area contributed by atoms with E-state index in [9.17, 15) is 9.59 Å². The van der Waals surface area contributed by atoms with E-state index in [1.807, 2.05) is 72.7 Å². The monoisotopic (exact) mass is 656 g/mol. The highest BCUT2D eigenvalue weighted by Crippen LogP contribution is 2.28. The molecule has 1 saturated heterocycles. The number of thiazole rings is 1. The van der Waals surface area contributed by atoms with Crippen LogP contribution < -0.4 is 5.32 Å². The van der Waals surface area contributed by atoms with Crippen LogP contribution in [0.3, 0.4) is 0 Å². The Morgan fingerprint density at radius 2 is 1.87 bits per heavy atom. The second-order valence-corrected chi connectivity index (χ2v) is 11.6. The van der Waals surface area contributed by atoms with E-state index in [4.69, 9.17) is 4.98 Å². The smallest absolute Gasteiger partial charge is 0.322 e. The maximum Gasteiger partial charge on any atom is 0.322 e. The first-order valence-corrected chi connectivity index (χ1v) is 14.7. The molecule has 196 valence electrons. The number of nitrogens with zero attached hydrogens (tertiary/aromatic N) is 5. The third-order valence-corrected chi connectivity index (χ3v) is 8.57. The second kappa shape index (κ2) is 11.4. The quantitative estimate of drug-likeness (QED) is 0.267. The molecule has 3 amide bonds. The molecule has 8 nitrogen and oxygen atoms in total. The average Bonchev–Trinajstić information content (AvgIpc) is 3.57. The Kier molecular flexibility index (Phi) is 7.96. The number of amides is 3. The lowest BCUT2D eigenvalue weighted by atomic mass is 10.1. The van der Waals surface area contributed by atoms with Crippen LogP contribution in [0.25, 0.3) is 16.4 Å². The summed E-state index contributed by atoms with van der Waals surface area (Å²) in [5.74, 6) is -0.0736. The van der Waals surface area contributed by atoms with Crippen LogP contribution in [-0.2, 0) is 6.42 Å². The number of anilines is 1. The van der Waals surface area contributed by atoms with Gasteiger partial charge in [-0.1, -0.05) is 47.1 Å². The van der Waals surface area contributed by atoms with Gasteiger partial charge in [0.1, 0.15) is 0 Å². The van der Waals surface area contributed by atoms with Crippen molar-refractivity contribution in [2.75, 3.05) is 25.0 Å². The maximum absolute atomic E-state index is 13.6. The summed E-state index contributed by atoms with van der Waals surface area (Å²) in [5, 5.41) is 10.2. The van der Waals surface area contributed by atoms with E-state index in [-0.39, 0.29) is 18.0 Å². The molecule has 2 aromatic carbocycles. The summed E-state index contributed by atoms with van der Waals surface area (Å²) in [6.45, 7) is 5.32. The van der Waals surface area contributed by atoms with Crippen molar-refractivity contribution in [1.82, 2.24) is 24.6 Å². The Bertz CT molecular complexity index is 1470. The minimum absolute atomic E-state index is 0.0736. The van der Waals surface area contributed by atoms with Crippen molar-refractivity contribution in [3.63, 3.8) is 0 Å². The van der Waals surface area contributed by atoms with Crippen molar-refractivity contribution in [1.29, 1.82) is 0 Å². The average molecular weight is 658 g/mol. The zero-order valence-electron chi connectivity index (χ0n) is 20.9. The number of halogens is 2. The first kappa shape index (κ1) is 26.6. The SMILES string of the molecule is CCc1c(C(=O)N2CCN(C(=O)Nc3ccccc3Br)C(C)C2)cnn1-c1nc(-c2ccc(Br)cc2)cs1. The third kappa shape index (κ3) is 5.41. The first-order chi connectivity index (χ1) is 18.4. The minimum atomic E-state index is -0.177. The van der Waals surface area contributed by atoms with Gasteiger partial charge in [0, 0.05) is 45.6 Å². The van der Waals surface area contributed by atoms with Crippen LogP contribution >= 0.6 is 43.2 Å². The second-order valence-electron chi connectivity index (χ2n) is 9.00. The minimum Gasteiger partial charge on any atom is -0.335 e. The predicted molar refractivity (Wildman–Crippen MR) is 157 cm³/mol. The molecule has 1 N–H and O–H groups in total. The summed E-state index contributed by atoms with van der Waals surface area (Å²) < 4.78 is 3.61. The largest absolute Gasteiger partial charge is 0.335 e. The molecule has 1 aliphatic heterocycles. The van der Waals surface area contributed by atoms with Gasteiger partial charge in [0.25, 0.3) is 5.91 Å². The molecule has 38 heavy (non-hydrogen) atoms. The number of rotatable bonds is 5. The van der Waals surface area contributed by atoms with E-state index in [0.29, 0.717) is 37.3 Å². The number of benzene rings is 2. The maximum atomic E-state index is 13.6. The normalized spacial score (nSPS) is 15.5. The number of urea groups is 1. The van der Waals surface area contributed by atoms with Crippen molar-refractivity contribution >= 4 is 60.8 Å². The summed E-state index contributed by atoms with van der Waals surface area (Å²) in [6, 6.07) is 15.2. The van der Waals surface area contributed by atoms with Crippen LogP contribution in [0, 0.1) is 0 Å². The Morgan fingerprint density at radius 3 is 2.58 bits per heavy atom. The zero-order valence-corrected chi connectivity index (χ0v) is 24.9. The highest BCUT2D eigenvalue weighted by atomic mass is 79.9. The molecule has 1 atom stereocenters. The van der Waals surface area contributed by atoms with Crippen LogP contribution in [0.2, 0.25) is 0 Å². The van der Waals surface area contributed by atoms with Crippen LogP contribution in [0.15, 0.2) is 69.1 Å². The summed E-state index contributed by atoms with van der Waals surface area (Å²) in [6.07, 6.45) is 2.27. The van der Waals surface area contributed by atoms with Gasteiger partial charge in [-0.25, -0.2) is 14.5 Å². The molecule has 0 saturated carbocycles. The van der Waals surface area contributed by atoms with Gasteiger partial charge >= 0.3 is 6.03 Å². The molecule has 0 radical (unpaired) electrons. The molecule has 1 unspecified atom stereocenters. The number of nitrogens with one attached hydrogen (secondary N) is 1. The highest BCUT2D eigenvalue weighted by molar-refractivity contribution is 9.10. The van der Waals surface area contributed by atoms with Crippen molar-refractivity contribution in [3.8, 4) is 16.4 Å². The molecule has 0 aliphatic carbocycles. The Labute approximate surface area is 241 Å². The van der Waals surface area contributed by atoms with Crippen LogP contribution in [0.1, 0.15) is 29.9 Å². The fraction of sp³-hybridized carbons (Fsp3) is 0.259. The predicted octanol–water partition coefficient (Wildman–Crippen LogP) is 6.46. The highest BCUT2D eigenvalue weighted by Gasteiger charge is 2.32. The molecular weight excluding hydrogens is 632 g/mol. The number of hydrogen-bond acceptors (Lipinski definition) is 5. The lowest BCUT2D eigenvalue weighted by Crippen LogP contribution is -2.56.